The largest absolute Gasteiger partial charge is 0.280 e. The van der Waals surface area contributed by atoms with Crippen LogP contribution in [-0.4, -0.2) is 3.96 Å². The van der Waals surface area contributed by atoms with Crippen LogP contribution in [0.5, 0.6) is 0 Å². The van der Waals surface area contributed by atoms with Gasteiger partial charge in [0.15, 0.2) is 0 Å². The molecule has 0 fully saturated rings. The van der Waals surface area contributed by atoms with Gasteiger partial charge in [-0.2, -0.15) is 0 Å². The minimum atomic E-state index is -0.0658. The molecule has 90 valence electrons. The van der Waals surface area contributed by atoms with E-state index in [-0.39, 0.29) is 5.56 Å². The zero-order valence-corrected chi connectivity index (χ0v) is 11.2. The first-order valence-corrected chi connectivity index (χ1v) is 6.84. The summed E-state index contributed by atoms with van der Waals surface area (Å²) in [6.07, 6.45) is 2.08. The number of aryl methyl sites for hydroxylation is 1. The van der Waals surface area contributed by atoms with Crippen molar-refractivity contribution in [3.05, 3.63) is 45.7 Å². The fourth-order valence-electron chi connectivity index (χ4n) is 1.62. The zero-order chi connectivity index (χ0) is 12.3. The number of hydrogen-bond donors (Lipinski definition) is 0. The van der Waals surface area contributed by atoms with Gasteiger partial charge in [0.25, 0.3) is 5.56 Å². The third-order valence-corrected chi connectivity index (χ3v) is 4.22. The van der Waals surface area contributed by atoms with Crippen molar-refractivity contribution in [3.63, 3.8) is 0 Å². The first-order chi connectivity index (χ1) is 8.24. The predicted molar refractivity (Wildman–Crippen MR) is 73.9 cm³/mol. The lowest BCUT2D eigenvalue weighted by molar-refractivity contribution is 0.658. The maximum Gasteiger partial charge on any atom is 0.280 e. The first kappa shape index (κ1) is 12.4. The molecule has 2 aromatic rings. The van der Waals surface area contributed by atoms with E-state index in [9.17, 15) is 4.79 Å². The number of halogens is 1. The second-order valence-corrected chi connectivity index (χ2v) is 5.27. The highest BCUT2D eigenvalue weighted by atomic mass is 35.5. The van der Waals surface area contributed by atoms with Gasteiger partial charge in [-0.15, -0.1) is 0 Å². The first-order valence-electron chi connectivity index (χ1n) is 5.69. The molecule has 1 heterocycles. The van der Waals surface area contributed by atoms with Gasteiger partial charge in [-0.3, -0.25) is 8.75 Å². The van der Waals surface area contributed by atoms with Gasteiger partial charge in [0, 0.05) is 6.54 Å². The van der Waals surface area contributed by atoms with Crippen LogP contribution in [0.25, 0.3) is 10.4 Å². The Morgan fingerprint density at radius 3 is 2.65 bits per heavy atom. The van der Waals surface area contributed by atoms with Crippen molar-refractivity contribution in [2.24, 2.45) is 0 Å². The molecule has 0 amide bonds. The van der Waals surface area contributed by atoms with E-state index in [2.05, 4.69) is 6.92 Å². The molecule has 0 radical (unpaired) electrons. The summed E-state index contributed by atoms with van der Waals surface area (Å²) in [6, 6.07) is 9.80. The van der Waals surface area contributed by atoms with Crippen LogP contribution in [0.15, 0.2) is 35.1 Å². The van der Waals surface area contributed by atoms with E-state index in [1.165, 1.54) is 11.5 Å². The van der Waals surface area contributed by atoms with Crippen LogP contribution in [-0.2, 0) is 6.54 Å². The van der Waals surface area contributed by atoms with E-state index in [1.807, 2.05) is 30.3 Å². The summed E-state index contributed by atoms with van der Waals surface area (Å²) in [5.74, 6) is 0. The van der Waals surface area contributed by atoms with Crippen molar-refractivity contribution in [1.82, 2.24) is 3.96 Å². The van der Waals surface area contributed by atoms with Gasteiger partial charge < -0.3 is 0 Å². The quantitative estimate of drug-likeness (QED) is 0.820. The molecule has 0 saturated heterocycles. The minimum absolute atomic E-state index is 0.0658. The number of nitrogens with zero attached hydrogens (tertiary/aromatic N) is 1. The number of unbranched alkanes of at least 4 members (excludes halogenated alkanes) is 1. The summed E-state index contributed by atoms with van der Waals surface area (Å²) >= 11 is 7.56. The van der Waals surface area contributed by atoms with Gasteiger partial charge in [-0.1, -0.05) is 66.8 Å². The average molecular weight is 268 g/mol. The average Bonchev–Trinajstić information content (AvgIpc) is 2.65. The van der Waals surface area contributed by atoms with Crippen molar-refractivity contribution >= 4 is 23.1 Å². The molecule has 0 unspecified atom stereocenters. The highest BCUT2D eigenvalue weighted by Gasteiger charge is 2.13. The Morgan fingerprint density at radius 1 is 1.29 bits per heavy atom. The van der Waals surface area contributed by atoms with E-state index in [0.717, 1.165) is 29.8 Å². The van der Waals surface area contributed by atoms with E-state index >= 15 is 0 Å². The fraction of sp³-hybridized carbons (Fsp3) is 0.308. The summed E-state index contributed by atoms with van der Waals surface area (Å²) in [6.45, 7) is 2.87. The molecule has 1 aromatic heterocycles. The molecule has 1 aromatic carbocycles. The van der Waals surface area contributed by atoms with E-state index < -0.39 is 0 Å². The molecule has 2 rings (SSSR count). The Morgan fingerprint density at radius 2 is 2.00 bits per heavy atom. The van der Waals surface area contributed by atoms with Crippen molar-refractivity contribution in [2.75, 3.05) is 0 Å². The maximum atomic E-state index is 11.9. The van der Waals surface area contributed by atoms with Crippen LogP contribution in [0.3, 0.4) is 0 Å². The van der Waals surface area contributed by atoms with Gasteiger partial charge in [0.05, 0.1) is 4.88 Å². The molecular formula is C13H14ClNOS. The number of rotatable bonds is 4. The van der Waals surface area contributed by atoms with Gasteiger partial charge in [-0.05, 0) is 12.0 Å². The zero-order valence-electron chi connectivity index (χ0n) is 9.65. The van der Waals surface area contributed by atoms with Crippen molar-refractivity contribution in [3.8, 4) is 10.4 Å². The Hall–Kier alpha value is -1.06. The standard InChI is InChI=1S/C13H14ClNOS/c1-2-3-9-15-13(16)11(14)12(17-15)10-7-5-4-6-8-10/h4-8H,2-3,9H2,1H3. The van der Waals surface area contributed by atoms with Crippen LogP contribution in [0.4, 0.5) is 0 Å². The molecule has 0 aliphatic rings. The van der Waals surface area contributed by atoms with Crippen LogP contribution in [0, 0.1) is 0 Å². The lowest BCUT2D eigenvalue weighted by atomic mass is 10.2. The minimum Gasteiger partial charge on any atom is -0.267 e. The van der Waals surface area contributed by atoms with Gasteiger partial charge >= 0.3 is 0 Å². The van der Waals surface area contributed by atoms with Crippen molar-refractivity contribution in [2.45, 2.75) is 26.3 Å². The van der Waals surface area contributed by atoms with E-state index in [4.69, 9.17) is 11.6 Å². The molecule has 0 aliphatic carbocycles. The summed E-state index contributed by atoms with van der Waals surface area (Å²) in [7, 11) is 0. The summed E-state index contributed by atoms with van der Waals surface area (Å²) in [5.41, 5.74) is 0.943. The number of benzene rings is 1. The second-order valence-electron chi connectivity index (χ2n) is 3.86. The highest BCUT2D eigenvalue weighted by molar-refractivity contribution is 7.11. The van der Waals surface area contributed by atoms with Gasteiger partial charge in [0.2, 0.25) is 0 Å². The molecule has 0 atom stereocenters. The van der Waals surface area contributed by atoms with E-state index in [0.29, 0.717) is 5.02 Å². The molecule has 0 aliphatic heterocycles. The number of aromatic nitrogens is 1. The second kappa shape index (κ2) is 5.52. The molecule has 2 nitrogen and oxygen atoms in total. The molecule has 17 heavy (non-hydrogen) atoms. The molecule has 0 spiro atoms. The van der Waals surface area contributed by atoms with Crippen molar-refractivity contribution < 1.29 is 0 Å². The maximum absolute atomic E-state index is 11.9. The monoisotopic (exact) mass is 267 g/mol. The highest BCUT2D eigenvalue weighted by Crippen LogP contribution is 2.30. The van der Waals surface area contributed by atoms with Gasteiger partial charge in [-0.25, -0.2) is 0 Å². The Bertz CT molecular complexity index is 544. The SMILES string of the molecule is CCCCn1sc(-c2ccccc2)c(Cl)c1=O. The topological polar surface area (TPSA) is 22.0 Å². The third-order valence-electron chi connectivity index (χ3n) is 2.57. The number of hydrogen-bond acceptors (Lipinski definition) is 2. The third kappa shape index (κ3) is 2.61. The lowest BCUT2D eigenvalue weighted by Gasteiger charge is -1.97. The van der Waals surface area contributed by atoms with E-state index in [1.54, 1.807) is 3.96 Å². The predicted octanol–water partition coefficient (Wildman–Crippen LogP) is 4.03. The molecule has 4 heteroatoms. The Kier molecular flexibility index (Phi) is 4.02. The Labute approximate surface area is 110 Å². The fourth-order valence-corrected chi connectivity index (χ4v) is 3.00. The summed E-state index contributed by atoms with van der Waals surface area (Å²) in [4.78, 5) is 12.8. The molecule has 0 bridgehead atoms. The molecule has 0 saturated carbocycles. The Balaban J connectivity index is 2.40. The van der Waals surface area contributed by atoms with Crippen LogP contribution in [0.2, 0.25) is 5.02 Å². The normalized spacial score (nSPS) is 10.7. The van der Waals surface area contributed by atoms with Crippen LogP contribution in [0.1, 0.15) is 19.8 Å². The molecule has 0 N–H and O–H groups in total. The van der Waals surface area contributed by atoms with Crippen LogP contribution < -0.4 is 5.56 Å². The van der Waals surface area contributed by atoms with Crippen molar-refractivity contribution in [1.29, 1.82) is 0 Å². The van der Waals surface area contributed by atoms with Gasteiger partial charge in [0.1, 0.15) is 5.02 Å². The summed E-state index contributed by atoms with van der Waals surface area (Å²) < 4.78 is 1.74. The lowest BCUT2D eigenvalue weighted by Crippen LogP contribution is -2.12. The van der Waals surface area contributed by atoms with Crippen LogP contribution >= 0.6 is 23.1 Å². The molecular weight excluding hydrogens is 254 g/mol. The summed E-state index contributed by atoms with van der Waals surface area (Å²) in [5, 5.41) is 0.345. The smallest absolute Gasteiger partial charge is 0.267 e.